The predicted octanol–water partition coefficient (Wildman–Crippen LogP) is 5.06. The Morgan fingerprint density at radius 2 is 1.90 bits per heavy atom. The summed E-state index contributed by atoms with van der Waals surface area (Å²) in [6, 6.07) is 2.28. The summed E-state index contributed by atoms with van der Waals surface area (Å²) in [6.07, 6.45) is -4.43. The summed E-state index contributed by atoms with van der Waals surface area (Å²) in [5, 5.41) is 10.5. The van der Waals surface area contributed by atoms with Gasteiger partial charge in [0, 0.05) is 65.5 Å². The standard InChI is InChI=1S/C28H29F5N4O3S/c1-5-22(38)36-14(2)10-35(11-15(36)3)26-19-9-20(28(31,32)33)23(18-7-6-16(29)8-21(18)30)25-24(19)37(27(39)34-26)17(12-40-4)13-41-25/h5-9,14-15,17,22,38H,1,10-13H2,2-4H3/t14-,15+,17-,22?/m0/s1. The molecule has 3 heterocycles. The molecule has 3 aromatic rings. The molecule has 1 fully saturated rings. The van der Waals surface area contributed by atoms with Crippen molar-refractivity contribution in [2.75, 3.05) is 37.5 Å². The monoisotopic (exact) mass is 596 g/mol. The topological polar surface area (TPSA) is 70.8 Å². The van der Waals surface area contributed by atoms with Crippen LogP contribution in [0.5, 0.6) is 0 Å². The van der Waals surface area contributed by atoms with Gasteiger partial charge in [-0.15, -0.1) is 11.8 Å². The zero-order valence-corrected chi connectivity index (χ0v) is 23.4. The van der Waals surface area contributed by atoms with Crippen molar-refractivity contribution < 1.29 is 31.8 Å². The van der Waals surface area contributed by atoms with Crippen molar-refractivity contribution in [2.45, 2.75) is 49.3 Å². The molecule has 5 rings (SSSR count). The number of aliphatic hydroxyl groups is 1. The lowest BCUT2D eigenvalue weighted by molar-refractivity contribution is -0.137. The van der Waals surface area contributed by atoms with Crippen LogP contribution in [0.25, 0.3) is 22.0 Å². The normalized spacial score (nSPS) is 22.3. The van der Waals surface area contributed by atoms with Crippen LogP contribution in [-0.2, 0) is 10.9 Å². The summed E-state index contributed by atoms with van der Waals surface area (Å²) in [5.41, 5.74) is -2.46. The fourth-order valence-electron chi connectivity index (χ4n) is 5.98. The highest BCUT2D eigenvalue weighted by Gasteiger charge is 2.41. The van der Waals surface area contributed by atoms with Crippen molar-refractivity contribution >= 4 is 28.5 Å². The fourth-order valence-corrected chi connectivity index (χ4v) is 7.30. The van der Waals surface area contributed by atoms with Crippen molar-refractivity contribution in [3.63, 3.8) is 0 Å². The van der Waals surface area contributed by atoms with Gasteiger partial charge in [-0.3, -0.25) is 9.47 Å². The Bertz CT molecular complexity index is 1550. The van der Waals surface area contributed by atoms with Gasteiger partial charge in [-0.1, -0.05) is 6.58 Å². The van der Waals surface area contributed by atoms with Gasteiger partial charge < -0.3 is 14.7 Å². The number of aliphatic hydroxyl groups excluding tert-OH is 1. The van der Waals surface area contributed by atoms with E-state index < -0.39 is 52.5 Å². The van der Waals surface area contributed by atoms with E-state index in [1.54, 1.807) is 4.90 Å². The first kappa shape index (κ1) is 29.5. The molecule has 4 atom stereocenters. The molecule has 0 bridgehead atoms. The quantitative estimate of drug-likeness (QED) is 0.315. The number of hydrogen-bond donors (Lipinski definition) is 1. The fraction of sp³-hybridized carbons (Fsp3) is 0.429. The summed E-state index contributed by atoms with van der Waals surface area (Å²) in [7, 11) is 1.45. The van der Waals surface area contributed by atoms with Crippen LogP contribution in [-0.4, -0.2) is 70.4 Å². The summed E-state index contributed by atoms with van der Waals surface area (Å²) in [5.74, 6) is -1.81. The van der Waals surface area contributed by atoms with Gasteiger partial charge in [0.1, 0.15) is 23.7 Å². The minimum atomic E-state index is -4.91. The summed E-state index contributed by atoms with van der Waals surface area (Å²) in [6.45, 7) is 7.99. The van der Waals surface area contributed by atoms with Crippen molar-refractivity contribution in [1.82, 2.24) is 14.5 Å². The van der Waals surface area contributed by atoms with E-state index in [1.165, 1.54) is 17.8 Å². The average Bonchev–Trinajstić information content (AvgIpc) is 2.90. The van der Waals surface area contributed by atoms with E-state index in [0.29, 0.717) is 6.07 Å². The largest absolute Gasteiger partial charge is 0.417 e. The van der Waals surface area contributed by atoms with Gasteiger partial charge in [0.15, 0.2) is 0 Å². The highest BCUT2D eigenvalue weighted by molar-refractivity contribution is 7.99. The molecule has 1 unspecified atom stereocenters. The number of alkyl halides is 3. The summed E-state index contributed by atoms with van der Waals surface area (Å²) >= 11 is 1.07. The third kappa shape index (κ3) is 5.13. The number of benzene rings is 2. The van der Waals surface area contributed by atoms with Crippen LogP contribution in [0, 0.1) is 11.6 Å². The van der Waals surface area contributed by atoms with Crippen molar-refractivity contribution in [3.8, 4) is 11.1 Å². The first-order chi connectivity index (χ1) is 19.4. The van der Waals surface area contributed by atoms with Gasteiger partial charge in [-0.2, -0.15) is 18.2 Å². The van der Waals surface area contributed by atoms with E-state index >= 15 is 4.39 Å². The Morgan fingerprint density at radius 1 is 1.22 bits per heavy atom. The maximum absolute atomic E-state index is 15.0. The molecular weight excluding hydrogens is 567 g/mol. The Hall–Kier alpha value is -3.00. The number of aromatic nitrogens is 2. The molecule has 2 aromatic carbocycles. The lowest BCUT2D eigenvalue weighted by atomic mass is 9.95. The Balaban J connectivity index is 1.83. The Kier molecular flexibility index (Phi) is 7.92. The van der Waals surface area contributed by atoms with Crippen LogP contribution in [0.1, 0.15) is 25.5 Å². The second-order valence-electron chi connectivity index (χ2n) is 10.4. The molecule has 41 heavy (non-hydrogen) atoms. The molecule has 0 radical (unpaired) electrons. The molecule has 0 amide bonds. The zero-order chi connectivity index (χ0) is 29.8. The zero-order valence-electron chi connectivity index (χ0n) is 22.6. The number of nitrogens with zero attached hydrogens (tertiary/aromatic N) is 4. The van der Waals surface area contributed by atoms with E-state index in [9.17, 15) is 27.5 Å². The van der Waals surface area contributed by atoms with Crippen LogP contribution < -0.4 is 10.6 Å². The second-order valence-corrected chi connectivity index (χ2v) is 11.4. The van der Waals surface area contributed by atoms with Crippen LogP contribution in [0.2, 0.25) is 0 Å². The van der Waals surface area contributed by atoms with Crippen molar-refractivity contribution in [1.29, 1.82) is 0 Å². The van der Waals surface area contributed by atoms with E-state index in [4.69, 9.17) is 4.74 Å². The van der Waals surface area contributed by atoms with Gasteiger partial charge in [-0.25, -0.2) is 13.6 Å². The lowest BCUT2D eigenvalue weighted by Crippen LogP contribution is -2.60. The van der Waals surface area contributed by atoms with Gasteiger partial charge >= 0.3 is 11.9 Å². The van der Waals surface area contributed by atoms with Gasteiger partial charge in [0.05, 0.1) is 23.7 Å². The molecule has 1 saturated heterocycles. The first-order valence-electron chi connectivity index (χ1n) is 13.0. The smallest absolute Gasteiger partial charge is 0.383 e. The summed E-state index contributed by atoms with van der Waals surface area (Å²) < 4.78 is 79.5. The van der Waals surface area contributed by atoms with Crippen molar-refractivity contribution in [3.05, 3.63) is 64.6 Å². The molecule has 0 aliphatic carbocycles. The molecule has 0 saturated carbocycles. The molecule has 220 valence electrons. The Labute approximate surface area is 237 Å². The van der Waals surface area contributed by atoms with E-state index in [1.807, 2.05) is 18.7 Å². The number of halogens is 5. The summed E-state index contributed by atoms with van der Waals surface area (Å²) in [4.78, 5) is 21.5. The van der Waals surface area contributed by atoms with Gasteiger partial charge in [0.25, 0.3) is 0 Å². The van der Waals surface area contributed by atoms with E-state index in [0.717, 1.165) is 30.0 Å². The maximum Gasteiger partial charge on any atom is 0.417 e. The highest BCUT2D eigenvalue weighted by atomic mass is 32.2. The molecule has 7 nitrogen and oxygen atoms in total. The van der Waals surface area contributed by atoms with Crippen LogP contribution in [0.4, 0.5) is 27.8 Å². The first-order valence-corrected chi connectivity index (χ1v) is 14.0. The number of methoxy groups -OCH3 is 1. The SMILES string of the molecule is C=CC(O)N1[C@H](C)CN(c2nc(=O)n3c4c(c(-c5ccc(F)cc5F)c(C(F)(F)F)cc24)SC[C@@H]3COC)C[C@@H]1C. The molecule has 13 heteroatoms. The van der Waals surface area contributed by atoms with Gasteiger partial charge in [-0.05, 0) is 38.1 Å². The van der Waals surface area contributed by atoms with Crippen LogP contribution in [0.3, 0.4) is 0 Å². The Morgan fingerprint density at radius 3 is 2.49 bits per heavy atom. The molecule has 2 aliphatic heterocycles. The maximum atomic E-state index is 15.0. The molecule has 2 aliphatic rings. The number of thioether (sulfide) groups is 1. The van der Waals surface area contributed by atoms with Crippen LogP contribution >= 0.6 is 11.8 Å². The number of ether oxygens (including phenoxy) is 1. The molecule has 1 aromatic heterocycles. The number of hydrogen-bond acceptors (Lipinski definition) is 7. The molecular formula is C28H29F5N4O3S. The van der Waals surface area contributed by atoms with Crippen LogP contribution in [0.15, 0.2) is 46.6 Å². The number of rotatable bonds is 6. The lowest BCUT2D eigenvalue weighted by Gasteiger charge is -2.46. The van der Waals surface area contributed by atoms with E-state index in [-0.39, 0.29) is 59.1 Å². The third-order valence-corrected chi connectivity index (χ3v) is 8.84. The average molecular weight is 597 g/mol. The minimum absolute atomic E-state index is 0.0650. The number of piperazine rings is 1. The van der Waals surface area contributed by atoms with E-state index in [2.05, 4.69) is 11.6 Å². The second kappa shape index (κ2) is 11.0. The predicted molar refractivity (Wildman–Crippen MR) is 147 cm³/mol. The van der Waals surface area contributed by atoms with Crippen molar-refractivity contribution in [2.24, 2.45) is 0 Å². The molecule has 1 N–H and O–H groups in total. The number of anilines is 1. The molecule has 0 spiro atoms. The third-order valence-electron chi connectivity index (χ3n) is 7.60. The minimum Gasteiger partial charge on any atom is -0.383 e. The van der Waals surface area contributed by atoms with Gasteiger partial charge in [0.2, 0.25) is 0 Å². The highest BCUT2D eigenvalue weighted by Crippen LogP contribution is 2.50.